The SMILES string of the molecule is c1ccc(N2CS[C@@H](Cn3c4ccccc4c4ccccc43)C2)cc1. The van der Waals surface area contributed by atoms with Crippen LogP contribution in [-0.2, 0) is 6.54 Å². The van der Waals surface area contributed by atoms with Crippen molar-refractivity contribution >= 4 is 39.3 Å². The number of fused-ring (bicyclic) bond motifs is 3. The lowest BCUT2D eigenvalue weighted by molar-refractivity contribution is 0.703. The molecule has 1 fully saturated rings. The van der Waals surface area contributed by atoms with Gasteiger partial charge in [-0.25, -0.2) is 0 Å². The number of anilines is 1. The van der Waals surface area contributed by atoms with E-state index in [9.17, 15) is 0 Å². The molecule has 0 aliphatic carbocycles. The Bertz CT molecular complexity index is 969. The van der Waals surface area contributed by atoms with Crippen LogP contribution in [0.4, 0.5) is 5.69 Å². The zero-order chi connectivity index (χ0) is 16.6. The van der Waals surface area contributed by atoms with Crippen molar-refractivity contribution in [1.29, 1.82) is 0 Å². The molecule has 2 nitrogen and oxygen atoms in total. The van der Waals surface area contributed by atoms with Gasteiger partial charge in [0, 0.05) is 45.8 Å². The number of nitrogens with zero attached hydrogens (tertiary/aromatic N) is 2. The number of benzene rings is 3. The summed E-state index contributed by atoms with van der Waals surface area (Å²) in [5, 5.41) is 3.33. The molecule has 2 heterocycles. The van der Waals surface area contributed by atoms with Crippen LogP contribution in [0.2, 0.25) is 0 Å². The Morgan fingerprint density at radius 1 is 0.760 bits per heavy atom. The third-order valence-electron chi connectivity index (χ3n) is 5.08. The minimum Gasteiger partial charge on any atom is -0.361 e. The summed E-state index contributed by atoms with van der Waals surface area (Å²) >= 11 is 2.07. The van der Waals surface area contributed by atoms with Crippen molar-refractivity contribution in [3.8, 4) is 0 Å². The molecule has 5 rings (SSSR count). The van der Waals surface area contributed by atoms with Gasteiger partial charge in [-0.2, -0.15) is 0 Å². The number of hydrogen-bond donors (Lipinski definition) is 0. The summed E-state index contributed by atoms with van der Waals surface area (Å²) in [6.07, 6.45) is 0. The van der Waals surface area contributed by atoms with Gasteiger partial charge in [-0.05, 0) is 24.3 Å². The predicted molar refractivity (Wildman–Crippen MR) is 109 cm³/mol. The third-order valence-corrected chi connectivity index (χ3v) is 6.31. The fourth-order valence-electron chi connectivity index (χ4n) is 3.88. The van der Waals surface area contributed by atoms with Crippen molar-refractivity contribution in [1.82, 2.24) is 4.57 Å². The van der Waals surface area contributed by atoms with E-state index in [1.807, 2.05) is 0 Å². The van der Waals surface area contributed by atoms with Crippen LogP contribution in [0.25, 0.3) is 21.8 Å². The third kappa shape index (κ3) is 2.59. The molecule has 25 heavy (non-hydrogen) atoms. The van der Waals surface area contributed by atoms with Gasteiger partial charge in [0.1, 0.15) is 0 Å². The van der Waals surface area contributed by atoms with Crippen molar-refractivity contribution in [2.45, 2.75) is 11.8 Å². The smallest absolute Gasteiger partial charge is 0.0644 e. The largest absolute Gasteiger partial charge is 0.361 e. The maximum Gasteiger partial charge on any atom is 0.0644 e. The van der Waals surface area contributed by atoms with Crippen LogP contribution in [0, 0.1) is 0 Å². The molecule has 0 saturated carbocycles. The standard InChI is InChI=1S/C22H20N2S/c1-2-8-17(9-3-1)23-14-18(25-16-23)15-24-21-12-6-4-10-19(21)20-11-5-7-13-22(20)24/h1-13,18H,14-16H2/t18-/m1/s1. The van der Waals surface area contributed by atoms with Crippen LogP contribution in [-0.4, -0.2) is 22.2 Å². The second kappa shape index (κ2) is 6.16. The molecule has 0 spiro atoms. The Kier molecular flexibility index (Phi) is 3.67. The minimum absolute atomic E-state index is 0.611. The van der Waals surface area contributed by atoms with E-state index >= 15 is 0 Å². The van der Waals surface area contributed by atoms with E-state index < -0.39 is 0 Å². The number of para-hydroxylation sites is 3. The van der Waals surface area contributed by atoms with E-state index in [0.717, 1.165) is 19.0 Å². The first-order valence-corrected chi connectivity index (χ1v) is 9.82. The fourth-order valence-corrected chi connectivity index (χ4v) is 5.06. The summed E-state index contributed by atoms with van der Waals surface area (Å²) < 4.78 is 2.51. The summed E-state index contributed by atoms with van der Waals surface area (Å²) in [6.45, 7) is 2.16. The molecule has 1 saturated heterocycles. The molecule has 1 atom stereocenters. The van der Waals surface area contributed by atoms with E-state index in [2.05, 4.69) is 100 Å². The summed E-state index contributed by atoms with van der Waals surface area (Å²) in [5.41, 5.74) is 4.03. The molecule has 0 radical (unpaired) electrons. The van der Waals surface area contributed by atoms with Gasteiger partial charge in [0.25, 0.3) is 0 Å². The Morgan fingerprint density at radius 2 is 1.36 bits per heavy atom. The Balaban J connectivity index is 1.48. The molecule has 0 amide bonds. The Labute approximate surface area is 152 Å². The lowest BCUT2D eigenvalue weighted by atomic mass is 10.2. The van der Waals surface area contributed by atoms with Gasteiger partial charge in [0.15, 0.2) is 0 Å². The second-order valence-electron chi connectivity index (χ2n) is 6.62. The monoisotopic (exact) mass is 344 g/mol. The first kappa shape index (κ1) is 14.9. The van der Waals surface area contributed by atoms with Crippen molar-refractivity contribution < 1.29 is 0 Å². The highest BCUT2D eigenvalue weighted by Gasteiger charge is 2.24. The highest BCUT2D eigenvalue weighted by Crippen LogP contribution is 2.33. The van der Waals surface area contributed by atoms with E-state index in [4.69, 9.17) is 0 Å². The van der Waals surface area contributed by atoms with Crippen molar-refractivity contribution in [3.63, 3.8) is 0 Å². The van der Waals surface area contributed by atoms with Crippen molar-refractivity contribution in [2.24, 2.45) is 0 Å². The maximum atomic E-state index is 2.51. The first-order chi connectivity index (χ1) is 12.4. The van der Waals surface area contributed by atoms with Crippen molar-refractivity contribution in [2.75, 3.05) is 17.3 Å². The van der Waals surface area contributed by atoms with Crippen LogP contribution >= 0.6 is 11.8 Å². The number of thioether (sulfide) groups is 1. The topological polar surface area (TPSA) is 8.17 Å². The Hall–Kier alpha value is -2.39. The zero-order valence-corrected chi connectivity index (χ0v) is 14.8. The fraction of sp³-hybridized carbons (Fsp3) is 0.182. The molecule has 124 valence electrons. The zero-order valence-electron chi connectivity index (χ0n) is 14.0. The summed E-state index contributed by atoms with van der Waals surface area (Å²) in [6, 6.07) is 28.3. The van der Waals surface area contributed by atoms with E-state index in [0.29, 0.717) is 5.25 Å². The normalized spacial score (nSPS) is 17.6. The van der Waals surface area contributed by atoms with Crippen LogP contribution in [0.15, 0.2) is 78.9 Å². The summed E-state index contributed by atoms with van der Waals surface area (Å²) in [4.78, 5) is 2.49. The maximum absolute atomic E-state index is 2.51. The van der Waals surface area contributed by atoms with Gasteiger partial charge in [-0.1, -0.05) is 54.6 Å². The molecule has 0 unspecified atom stereocenters. The molecular weight excluding hydrogens is 324 g/mol. The van der Waals surface area contributed by atoms with Gasteiger partial charge in [0.2, 0.25) is 0 Å². The average molecular weight is 344 g/mol. The molecule has 0 bridgehead atoms. The lowest BCUT2D eigenvalue weighted by Gasteiger charge is -2.18. The molecule has 3 heteroatoms. The number of rotatable bonds is 3. The molecular formula is C22H20N2S. The second-order valence-corrected chi connectivity index (χ2v) is 7.88. The highest BCUT2D eigenvalue weighted by molar-refractivity contribution is 8.00. The molecule has 3 aromatic carbocycles. The van der Waals surface area contributed by atoms with E-state index in [1.54, 1.807) is 0 Å². The first-order valence-electron chi connectivity index (χ1n) is 8.78. The van der Waals surface area contributed by atoms with Crippen molar-refractivity contribution in [3.05, 3.63) is 78.9 Å². The van der Waals surface area contributed by atoms with E-state index in [1.165, 1.54) is 27.5 Å². The molecule has 1 aliphatic rings. The van der Waals surface area contributed by atoms with Crippen LogP contribution in [0.1, 0.15) is 0 Å². The molecule has 4 aromatic rings. The van der Waals surface area contributed by atoms with Gasteiger partial charge < -0.3 is 9.47 Å². The quantitative estimate of drug-likeness (QED) is 0.493. The number of aromatic nitrogens is 1. The van der Waals surface area contributed by atoms with Gasteiger partial charge in [-0.3, -0.25) is 0 Å². The average Bonchev–Trinajstić information content (AvgIpc) is 3.27. The van der Waals surface area contributed by atoms with E-state index in [-0.39, 0.29) is 0 Å². The molecule has 1 aliphatic heterocycles. The van der Waals surface area contributed by atoms with Crippen LogP contribution < -0.4 is 4.90 Å². The van der Waals surface area contributed by atoms with Gasteiger partial charge in [-0.15, -0.1) is 11.8 Å². The predicted octanol–water partition coefficient (Wildman–Crippen LogP) is 5.37. The minimum atomic E-state index is 0.611. The van der Waals surface area contributed by atoms with Gasteiger partial charge in [0.05, 0.1) is 5.88 Å². The van der Waals surface area contributed by atoms with Crippen LogP contribution in [0.3, 0.4) is 0 Å². The summed E-state index contributed by atoms with van der Waals surface area (Å²) in [5.74, 6) is 1.08. The van der Waals surface area contributed by atoms with Gasteiger partial charge >= 0.3 is 0 Å². The highest BCUT2D eigenvalue weighted by atomic mass is 32.2. The molecule has 1 aromatic heterocycles. The Morgan fingerprint density at radius 3 is 2.04 bits per heavy atom. The molecule has 0 N–H and O–H groups in total. The lowest BCUT2D eigenvalue weighted by Crippen LogP contribution is -2.23. The number of hydrogen-bond acceptors (Lipinski definition) is 2. The van der Waals surface area contributed by atoms with Crippen LogP contribution in [0.5, 0.6) is 0 Å². The summed E-state index contributed by atoms with van der Waals surface area (Å²) in [7, 11) is 0.